The number of anilines is 1. The van der Waals surface area contributed by atoms with Crippen LogP contribution in [0.3, 0.4) is 0 Å². The maximum absolute atomic E-state index is 6.48. The Morgan fingerprint density at radius 2 is 1.21 bits per heavy atom. The fourth-order valence-electron chi connectivity index (χ4n) is 4.59. The van der Waals surface area contributed by atoms with Crippen LogP contribution in [0.25, 0.3) is 0 Å². The largest absolute Gasteiger partial charge is 0.490 e. The fourth-order valence-corrected chi connectivity index (χ4v) is 4.59. The molecule has 0 radical (unpaired) electrons. The van der Waals surface area contributed by atoms with Crippen LogP contribution in [0.4, 0.5) is 5.69 Å². The minimum atomic E-state index is 0.0546. The molecular formula is C30H55NO2. The van der Waals surface area contributed by atoms with Gasteiger partial charge >= 0.3 is 0 Å². The van der Waals surface area contributed by atoms with E-state index in [4.69, 9.17) is 9.47 Å². The number of benzene rings is 1. The normalized spacial score (nSPS) is 12.2. The topological polar surface area (TPSA) is 21.7 Å². The van der Waals surface area contributed by atoms with Gasteiger partial charge in [0.15, 0.2) is 11.5 Å². The highest BCUT2D eigenvalue weighted by Crippen LogP contribution is 2.45. The van der Waals surface area contributed by atoms with Crippen LogP contribution in [0.1, 0.15) is 126 Å². The third-order valence-corrected chi connectivity index (χ3v) is 6.19. The van der Waals surface area contributed by atoms with Crippen LogP contribution in [0.5, 0.6) is 11.5 Å². The second-order valence-electron chi connectivity index (χ2n) is 11.5. The summed E-state index contributed by atoms with van der Waals surface area (Å²) >= 11 is 0. The van der Waals surface area contributed by atoms with Crippen molar-refractivity contribution >= 4 is 5.69 Å². The van der Waals surface area contributed by atoms with Crippen LogP contribution < -0.4 is 14.4 Å². The van der Waals surface area contributed by atoms with Gasteiger partial charge in [0, 0.05) is 13.1 Å². The van der Waals surface area contributed by atoms with E-state index in [1.165, 1.54) is 36.9 Å². The molecule has 0 aromatic heterocycles. The van der Waals surface area contributed by atoms with Crippen molar-refractivity contribution in [2.24, 2.45) is 5.41 Å². The molecule has 1 rings (SSSR count). The molecule has 1 aromatic rings. The summed E-state index contributed by atoms with van der Waals surface area (Å²) in [5.41, 5.74) is 2.91. The summed E-state index contributed by atoms with van der Waals surface area (Å²) in [6, 6.07) is 4.70. The van der Waals surface area contributed by atoms with Crippen molar-refractivity contribution in [1.29, 1.82) is 0 Å². The molecule has 0 saturated carbocycles. The smallest absolute Gasteiger partial charge is 0.184 e. The first-order valence-electron chi connectivity index (χ1n) is 13.8. The van der Waals surface area contributed by atoms with Gasteiger partial charge < -0.3 is 14.4 Å². The second kappa shape index (κ2) is 14.8. The van der Waals surface area contributed by atoms with Crippen LogP contribution in [-0.2, 0) is 5.41 Å². The zero-order valence-electron chi connectivity index (χ0n) is 23.6. The van der Waals surface area contributed by atoms with Gasteiger partial charge in [-0.25, -0.2) is 0 Å². The Bertz CT molecular complexity index is 652. The van der Waals surface area contributed by atoms with E-state index in [0.29, 0.717) is 0 Å². The Morgan fingerprint density at radius 3 is 1.70 bits per heavy atom. The molecule has 0 saturated heterocycles. The number of rotatable bonds is 17. The van der Waals surface area contributed by atoms with Gasteiger partial charge in [0.2, 0.25) is 0 Å². The van der Waals surface area contributed by atoms with Gasteiger partial charge in [0.1, 0.15) is 0 Å². The number of unbranched alkanes of at least 4 members (excludes halogenated alkanes) is 4. The van der Waals surface area contributed by atoms with Gasteiger partial charge in [-0.15, -0.1) is 0 Å². The number of nitrogens with zero attached hydrogens (tertiary/aromatic N) is 1. The molecule has 0 atom stereocenters. The SMILES string of the molecule is CCCCOc1cc(C(C)(C)CC(C)(C)C)cc(N(CCCC)CCCC)c1OCCCC. The Morgan fingerprint density at radius 1 is 0.697 bits per heavy atom. The van der Waals surface area contributed by atoms with Crippen molar-refractivity contribution in [1.82, 2.24) is 0 Å². The van der Waals surface area contributed by atoms with Gasteiger partial charge in [-0.05, 0) is 60.6 Å². The summed E-state index contributed by atoms with van der Waals surface area (Å²) in [5.74, 6) is 1.90. The molecule has 33 heavy (non-hydrogen) atoms. The minimum Gasteiger partial charge on any atom is -0.490 e. The summed E-state index contributed by atoms with van der Waals surface area (Å²) in [7, 11) is 0. The average molecular weight is 462 g/mol. The zero-order valence-corrected chi connectivity index (χ0v) is 23.6. The van der Waals surface area contributed by atoms with Crippen molar-refractivity contribution in [3.8, 4) is 11.5 Å². The minimum absolute atomic E-state index is 0.0546. The average Bonchev–Trinajstić information content (AvgIpc) is 2.73. The molecule has 0 amide bonds. The number of hydrogen-bond donors (Lipinski definition) is 0. The highest BCUT2D eigenvalue weighted by atomic mass is 16.5. The monoisotopic (exact) mass is 461 g/mol. The predicted octanol–water partition coefficient (Wildman–Crippen LogP) is 9.16. The third-order valence-electron chi connectivity index (χ3n) is 6.19. The van der Waals surface area contributed by atoms with Crippen LogP contribution in [-0.4, -0.2) is 26.3 Å². The number of hydrogen-bond acceptors (Lipinski definition) is 3. The first-order valence-corrected chi connectivity index (χ1v) is 13.8. The highest BCUT2D eigenvalue weighted by Gasteiger charge is 2.30. The van der Waals surface area contributed by atoms with Crippen molar-refractivity contribution < 1.29 is 9.47 Å². The number of ether oxygens (including phenoxy) is 2. The molecule has 0 heterocycles. The molecule has 0 aliphatic rings. The summed E-state index contributed by atoms with van der Waals surface area (Å²) in [4.78, 5) is 2.57. The van der Waals surface area contributed by atoms with E-state index in [-0.39, 0.29) is 10.8 Å². The van der Waals surface area contributed by atoms with Crippen molar-refractivity contribution in [2.45, 2.75) is 126 Å². The Hall–Kier alpha value is -1.38. The molecule has 0 bridgehead atoms. The van der Waals surface area contributed by atoms with Crippen LogP contribution in [0.2, 0.25) is 0 Å². The quantitative estimate of drug-likeness (QED) is 0.216. The van der Waals surface area contributed by atoms with E-state index in [1.807, 2.05) is 0 Å². The Labute approximate surface area is 206 Å². The predicted molar refractivity (Wildman–Crippen MR) is 146 cm³/mol. The molecule has 0 aliphatic carbocycles. The maximum atomic E-state index is 6.48. The Kier molecular flexibility index (Phi) is 13.3. The lowest BCUT2D eigenvalue weighted by Gasteiger charge is -2.35. The third kappa shape index (κ3) is 10.6. The van der Waals surface area contributed by atoms with E-state index in [1.54, 1.807) is 0 Å². The molecule has 0 N–H and O–H groups in total. The van der Waals surface area contributed by atoms with E-state index in [9.17, 15) is 0 Å². The lowest BCUT2D eigenvalue weighted by Crippen LogP contribution is -2.29. The molecule has 0 fully saturated rings. The van der Waals surface area contributed by atoms with E-state index in [2.05, 4.69) is 79.3 Å². The molecule has 3 nitrogen and oxygen atoms in total. The van der Waals surface area contributed by atoms with Gasteiger partial charge in [0.05, 0.1) is 18.9 Å². The van der Waals surface area contributed by atoms with Crippen molar-refractivity contribution in [3.63, 3.8) is 0 Å². The summed E-state index contributed by atoms with van der Waals surface area (Å²) in [6.07, 6.45) is 10.3. The molecule has 0 unspecified atom stereocenters. The molecular weight excluding hydrogens is 406 g/mol. The maximum Gasteiger partial charge on any atom is 0.184 e. The second-order valence-corrected chi connectivity index (χ2v) is 11.5. The summed E-state index contributed by atoms with van der Waals surface area (Å²) < 4.78 is 12.9. The molecule has 3 heteroatoms. The molecule has 192 valence electrons. The molecule has 1 aromatic carbocycles. The van der Waals surface area contributed by atoms with Gasteiger partial charge in [0.25, 0.3) is 0 Å². The van der Waals surface area contributed by atoms with Crippen LogP contribution in [0.15, 0.2) is 12.1 Å². The fraction of sp³-hybridized carbons (Fsp3) is 0.800. The molecule has 0 aliphatic heterocycles. The van der Waals surface area contributed by atoms with Crippen molar-refractivity contribution in [3.05, 3.63) is 17.7 Å². The summed E-state index contributed by atoms with van der Waals surface area (Å²) in [5, 5.41) is 0. The summed E-state index contributed by atoms with van der Waals surface area (Å²) in [6.45, 7) is 24.4. The zero-order chi connectivity index (χ0) is 24.9. The standard InChI is InChI=1S/C30H55NO2/c1-10-14-18-31(19-15-11-2)26-22-25(30(8,9)24-29(5,6)7)23-27(32-20-16-12-3)28(26)33-21-17-13-4/h22-23H,10-21,24H2,1-9H3. The lowest BCUT2D eigenvalue weighted by atomic mass is 9.72. The van der Waals surface area contributed by atoms with E-state index < -0.39 is 0 Å². The molecule has 0 spiro atoms. The highest BCUT2D eigenvalue weighted by molar-refractivity contribution is 5.67. The van der Waals surface area contributed by atoms with Gasteiger partial charge in [-0.2, -0.15) is 0 Å². The first kappa shape index (κ1) is 29.7. The van der Waals surface area contributed by atoms with Crippen molar-refractivity contribution in [2.75, 3.05) is 31.2 Å². The Balaban J connectivity index is 3.60. The lowest BCUT2D eigenvalue weighted by molar-refractivity contribution is 0.258. The van der Waals surface area contributed by atoms with E-state index in [0.717, 1.165) is 69.9 Å². The van der Waals surface area contributed by atoms with Crippen LogP contribution in [0, 0.1) is 5.41 Å². The first-order chi connectivity index (χ1) is 15.6. The van der Waals surface area contributed by atoms with Crippen LogP contribution >= 0.6 is 0 Å². The van der Waals surface area contributed by atoms with E-state index >= 15 is 0 Å². The van der Waals surface area contributed by atoms with Gasteiger partial charge in [-0.3, -0.25) is 0 Å². The van der Waals surface area contributed by atoms with Gasteiger partial charge in [-0.1, -0.05) is 88.0 Å².